The number of carbonyl (C=O) groups is 1. The predicted octanol–water partition coefficient (Wildman–Crippen LogP) is 4.87. The number of hydrogen-bond acceptors (Lipinski definition) is 4. The molecule has 3 aromatic carbocycles. The van der Waals surface area contributed by atoms with Crippen LogP contribution in [0.25, 0.3) is 11.0 Å². The lowest BCUT2D eigenvalue weighted by molar-refractivity contribution is -0.117. The number of fused-ring (bicyclic) bond motifs is 1. The summed E-state index contributed by atoms with van der Waals surface area (Å²) in [6, 6.07) is 23.9. The molecule has 1 saturated heterocycles. The number of benzene rings is 3. The molecule has 180 valence electrons. The number of aromatic nitrogens is 2. The van der Waals surface area contributed by atoms with E-state index < -0.39 is 6.10 Å². The Bertz CT molecular complexity index is 1330. The van der Waals surface area contributed by atoms with Crippen LogP contribution in [0.5, 0.6) is 5.75 Å². The zero-order valence-electron chi connectivity index (χ0n) is 20.2. The van der Waals surface area contributed by atoms with Crippen molar-refractivity contribution in [2.45, 2.75) is 45.3 Å². The highest BCUT2D eigenvalue weighted by Crippen LogP contribution is 2.33. The zero-order valence-corrected chi connectivity index (χ0v) is 20.2. The van der Waals surface area contributed by atoms with E-state index in [9.17, 15) is 9.90 Å². The van der Waals surface area contributed by atoms with Crippen LogP contribution in [0.4, 0.5) is 5.69 Å². The smallest absolute Gasteiger partial charge is 0.227 e. The quantitative estimate of drug-likeness (QED) is 0.400. The number of aliphatic hydroxyl groups is 1. The van der Waals surface area contributed by atoms with Gasteiger partial charge >= 0.3 is 0 Å². The van der Waals surface area contributed by atoms with Gasteiger partial charge in [-0.2, -0.15) is 0 Å². The van der Waals surface area contributed by atoms with Crippen molar-refractivity contribution in [1.29, 1.82) is 0 Å². The second kappa shape index (κ2) is 9.92. The van der Waals surface area contributed by atoms with Crippen LogP contribution in [-0.4, -0.2) is 39.8 Å². The zero-order chi connectivity index (χ0) is 24.4. The van der Waals surface area contributed by atoms with Crippen molar-refractivity contribution in [3.63, 3.8) is 0 Å². The third-order valence-corrected chi connectivity index (χ3v) is 6.66. The molecule has 0 spiro atoms. The molecule has 1 fully saturated rings. The molecule has 0 radical (unpaired) electrons. The van der Waals surface area contributed by atoms with E-state index in [0.29, 0.717) is 19.5 Å². The van der Waals surface area contributed by atoms with E-state index in [0.717, 1.165) is 40.3 Å². The number of para-hydroxylation sites is 2. The minimum absolute atomic E-state index is 0.0503. The Hall–Kier alpha value is -3.64. The van der Waals surface area contributed by atoms with Gasteiger partial charge in [-0.05, 0) is 60.9 Å². The van der Waals surface area contributed by atoms with Crippen molar-refractivity contribution in [1.82, 2.24) is 9.55 Å². The number of aryl methyl sites for hydroxylation is 2. The van der Waals surface area contributed by atoms with Crippen LogP contribution in [0.3, 0.4) is 0 Å². The third-order valence-electron chi connectivity index (χ3n) is 6.66. The first kappa shape index (κ1) is 23.1. The van der Waals surface area contributed by atoms with Crippen LogP contribution in [-0.2, 0) is 17.8 Å². The molecule has 6 nitrogen and oxygen atoms in total. The summed E-state index contributed by atoms with van der Waals surface area (Å²) in [4.78, 5) is 19.7. The van der Waals surface area contributed by atoms with E-state index in [4.69, 9.17) is 9.72 Å². The number of ether oxygens (including phenoxy) is 1. The maximum atomic E-state index is 13.0. The Labute approximate surface area is 205 Å². The summed E-state index contributed by atoms with van der Waals surface area (Å²) in [5.74, 6) is 1.62. The molecule has 35 heavy (non-hydrogen) atoms. The van der Waals surface area contributed by atoms with Gasteiger partial charge in [0.25, 0.3) is 0 Å². The number of hydrogen-bond donors (Lipinski definition) is 1. The first-order valence-corrected chi connectivity index (χ1v) is 12.2. The summed E-state index contributed by atoms with van der Waals surface area (Å²) >= 11 is 0. The van der Waals surface area contributed by atoms with Gasteiger partial charge in [0, 0.05) is 24.6 Å². The van der Waals surface area contributed by atoms with Crippen molar-refractivity contribution in [3.8, 4) is 5.75 Å². The lowest BCUT2D eigenvalue weighted by Crippen LogP contribution is -2.26. The van der Waals surface area contributed by atoms with Crippen molar-refractivity contribution < 1.29 is 14.6 Å². The normalized spacial score (nSPS) is 16.7. The van der Waals surface area contributed by atoms with Gasteiger partial charge in [-0.25, -0.2) is 4.98 Å². The first-order valence-electron chi connectivity index (χ1n) is 12.2. The fourth-order valence-corrected chi connectivity index (χ4v) is 4.80. The Balaban J connectivity index is 1.37. The Morgan fingerprint density at radius 1 is 1.09 bits per heavy atom. The van der Waals surface area contributed by atoms with Crippen LogP contribution in [0.2, 0.25) is 0 Å². The molecule has 0 saturated carbocycles. The molecule has 0 aliphatic carbocycles. The molecule has 2 heterocycles. The van der Waals surface area contributed by atoms with Crippen LogP contribution in [0.1, 0.15) is 36.2 Å². The fourth-order valence-electron chi connectivity index (χ4n) is 4.80. The van der Waals surface area contributed by atoms with E-state index >= 15 is 0 Å². The topological polar surface area (TPSA) is 67.6 Å². The minimum Gasteiger partial charge on any atom is -0.491 e. The summed E-state index contributed by atoms with van der Waals surface area (Å²) in [6.07, 6.45) is 0.646. The van der Waals surface area contributed by atoms with E-state index in [2.05, 4.69) is 23.6 Å². The Morgan fingerprint density at radius 3 is 2.66 bits per heavy atom. The SMILES string of the molecule is CCc1ccc(N2CC(c3nc4ccccc4n3CC(O)COc3cccc(C)c3)CC2=O)cc1. The van der Waals surface area contributed by atoms with Crippen molar-refractivity contribution in [3.05, 3.63) is 89.7 Å². The van der Waals surface area contributed by atoms with Crippen molar-refractivity contribution >= 4 is 22.6 Å². The minimum atomic E-state index is -0.721. The number of nitrogens with zero attached hydrogens (tertiary/aromatic N) is 3. The van der Waals surface area contributed by atoms with Gasteiger partial charge < -0.3 is 19.3 Å². The van der Waals surface area contributed by atoms with Crippen molar-refractivity contribution in [2.24, 2.45) is 0 Å². The maximum absolute atomic E-state index is 13.0. The molecule has 2 atom stereocenters. The highest BCUT2D eigenvalue weighted by Gasteiger charge is 2.35. The molecular weight excluding hydrogens is 438 g/mol. The first-order chi connectivity index (χ1) is 17.0. The summed E-state index contributed by atoms with van der Waals surface area (Å²) < 4.78 is 7.90. The number of imidazole rings is 1. The van der Waals surface area contributed by atoms with E-state index in [1.807, 2.05) is 72.5 Å². The average molecular weight is 470 g/mol. The average Bonchev–Trinajstić information content (AvgIpc) is 3.43. The van der Waals surface area contributed by atoms with Gasteiger partial charge in [-0.1, -0.05) is 43.3 Å². The van der Waals surface area contributed by atoms with Gasteiger partial charge in [0.05, 0.1) is 17.6 Å². The maximum Gasteiger partial charge on any atom is 0.227 e. The standard InChI is InChI=1S/C29H31N3O3/c1-3-21-11-13-23(14-12-21)31-17-22(16-28(31)34)29-30-26-9-4-5-10-27(26)32(29)18-24(33)19-35-25-8-6-7-20(2)15-25/h4-15,22,24,33H,3,16-19H2,1-2H3. The lowest BCUT2D eigenvalue weighted by atomic mass is 10.1. The summed E-state index contributed by atoms with van der Waals surface area (Å²) in [7, 11) is 0. The van der Waals surface area contributed by atoms with Gasteiger partial charge in [-0.3, -0.25) is 4.79 Å². The summed E-state index contributed by atoms with van der Waals surface area (Å²) in [5.41, 5.74) is 5.10. The van der Waals surface area contributed by atoms with Gasteiger partial charge in [-0.15, -0.1) is 0 Å². The molecule has 1 aliphatic rings. The second-order valence-corrected chi connectivity index (χ2v) is 9.28. The van der Waals surface area contributed by atoms with Crippen molar-refractivity contribution in [2.75, 3.05) is 18.1 Å². The van der Waals surface area contributed by atoms with E-state index in [1.54, 1.807) is 0 Å². The van der Waals surface area contributed by atoms with Gasteiger partial charge in [0.2, 0.25) is 5.91 Å². The highest BCUT2D eigenvalue weighted by molar-refractivity contribution is 5.96. The number of anilines is 1. The molecule has 5 rings (SSSR count). The summed E-state index contributed by atoms with van der Waals surface area (Å²) in [6.45, 7) is 5.23. The second-order valence-electron chi connectivity index (χ2n) is 9.28. The third kappa shape index (κ3) is 4.93. The van der Waals surface area contributed by atoms with Crippen LogP contribution >= 0.6 is 0 Å². The van der Waals surface area contributed by atoms with Crippen LogP contribution < -0.4 is 9.64 Å². The highest BCUT2D eigenvalue weighted by atomic mass is 16.5. The van der Waals surface area contributed by atoms with Gasteiger partial charge in [0.1, 0.15) is 24.3 Å². The largest absolute Gasteiger partial charge is 0.491 e. The molecule has 6 heteroatoms. The molecule has 1 aromatic heterocycles. The molecule has 2 unspecified atom stereocenters. The molecule has 1 N–H and O–H groups in total. The number of carbonyl (C=O) groups excluding carboxylic acids is 1. The number of amides is 1. The Kier molecular flexibility index (Phi) is 6.55. The number of aliphatic hydroxyl groups excluding tert-OH is 1. The molecule has 0 bridgehead atoms. The fraction of sp³-hybridized carbons (Fsp3) is 0.310. The monoisotopic (exact) mass is 469 g/mol. The van der Waals surface area contributed by atoms with Crippen LogP contribution in [0, 0.1) is 6.92 Å². The Morgan fingerprint density at radius 2 is 1.89 bits per heavy atom. The lowest BCUT2D eigenvalue weighted by Gasteiger charge is -2.19. The molecule has 4 aromatic rings. The molecule has 1 amide bonds. The number of rotatable bonds is 8. The predicted molar refractivity (Wildman–Crippen MR) is 138 cm³/mol. The summed E-state index contributed by atoms with van der Waals surface area (Å²) in [5, 5.41) is 10.9. The van der Waals surface area contributed by atoms with Crippen LogP contribution in [0.15, 0.2) is 72.8 Å². The van der Waals surface area contributed by atoms with E-state index in [1.165, 1.54) is 5.56 Å². The molecule has 1 aliphatic heterocycles. The van der Waals surface area contributed by atoms with Gasteiger partial charge in [0.15, 0.2) is 0 Å². The van der Waals surface area contributed by atoms with E-state index in [-0.39, 0.29) is 18.4 Å². The molecular formula is C29H31N3O3.